The van der Waals surface area contributed by atoms with E-state index in [9.17, 15) is 10.2 Å². The van der Waals surface area contributed by atoms with Crippen LogP contribution in [-0.4, -0.2) is 21.9 Å². The molecule has 0 aromatic carbocycles. The minimum atomic E-state index is -0.696. The van der Waals surface area contributed by atoms with Crippen molar-refractivity contribution in [3.63, 3.8) is 0 Å². The molecule has 76 valence electrons. The summed E-state index contributed by atoms with van der Waals surface area (Å²) in [6.07, 6.45) is 1.36. The zero-order valence-corrected chi connectivity index (χ0v) is 8.96. The van der Waals surface area contributed by atoms with E-state index in [2.05, 4.69) is 13.8 Å². The maximum atomic E-state index is 10.3. The van der Waals surface area contributed by atoms with Crippen LogP contribution in [0.25, 0.3) is 0 Å². The minimum Gasteiger partial charge on any atom is -0.392 e. The molecule has 0 amide bonds. The van der Waals surface area contributed by atoms with E-state index in [1.165, 1.54) is 0 Å². The summed E-state index contributed by atoms with van der Waals surface area (Å²) in [5, 5.41) is 20.3. The van der Waals surface area contributed by atoms with Crippen LogP contribution in [0, 0.1) is 16.7 Å². The van der Waals surface area contributed by atoms with Crippen LogP contribution in [0.5, 0.6) is 0 Å². The predicted molar refractivity (Wildman–Crippen MR) is 51.2 cm³/mol. The molecule has 2 fully saturated rings. The van der Waals surface area contributed by atoms with Crippen LogP contribution < -0.4 is 0 Å². The van der Waals surface area contributed by atoms with Gasteiger partial charge in [0.1, 0.15) is 0 Å². The molecule has 13 heavy (non-hydrogen) atoms. The smallest absolute Gasteiger partial charge is 0.0705 e. The Hall–Kier alpha value is -0.0800. The third kappa shape index (κ3) is 0.774. The van der Waals surface area contributed by atoms with Gasteiger partial charge in [-0.2, -0.15) is 0 Å². The second-order valence-corrected chi connectivity index (χ2v) is 5.85. The Kier molecular flexibility index (Phi) is 1.54. The number of fused-ring (bicyclic) bond motifs is 2. The molecule has 2 aliphatic carbocycles. The second-order valence-electron chi connectivity index (χ2n) is 5.85. The fourth-order valence-electron chi connectivity index (χ4n) is 3.74. The third-order valence-corrected chi connectivity index (χ3v) is 5.30. The van der Waals surface area contributed by atoms with Gasteiger partial charge in [-0.15, -0.1) is 0 Å². The average molecular weight is 184 g/mol. The Morgan fingerprint density at radius 1 is 1.15 bits per heavy atom. The van der Waals surface area contributed by atoms with Crippen LogP contribution in [0.1, 0.15) is 40.5 Å². The lowest BCUT2D eigenvalue weighted by atomic mass is 9.64. The number of hydrogen-bond donors (Lipinski definition) is 2. The van der Waals surface area contributed by atoms with E-state index in [0.717, 1.165) is 12.8 Å². The van der Waals surface area contributed by atoms with E-state index in [0.29, 0.717) is 5.92 Å². The maximum absolute atomic E-state index is 10.3. The fraction of sp³-hybridized carbons (Fsp3) is 1.00. The summed E-state index contributed by atoms with van der Waals surface area (Å²) < 4.78 is 0. The van der Waals surface area contributed by atoms with Crippen molar-refractivity contribution >= 4 is 0 Å². The molecular formula is C11H20O2. The highest BCUT2D eigenvalue weighted by atomic mass is 16.3. The third-order valence-electron chi connectivity index (χ3n) is 5.30. The van der Waals surface area contributed by atoms with E-state index in [4.69, 9.17) is 0 Å². The molecule has 0 radical (unpaired) electrons. The van der Waals surface area contributed by atoms with Gasteiger partial charge in [-0.1, -0.05) is 20.8 Å². The van der Waals surface area contributed by atoms with E-state index in [1.807, 2.05) is 13.8 Å². The molecular weight excluding hydrogens is 164 g/mol. The lowest BCUT2D eigenvalue weighted by Gasteiger charge is -2.45. The molecule has 4 atom stereocenters. The molecule has 2 heteroatoms. The highest BCUT2D eigenvalue weighted by molar-refractivity contribution is 5.19. The normalized spacial score (nSPS) is 58.6. The molecule has 0 aliphatic heterocycles. The van der Waals surface area contributed by atoms with Gasteiger partial charge in [0, 0.05) is 5.41 Å². The van der Waals surface area contributed by atoms with Crippen LogP contribution in [0.15, 0.2) is 0 Å². The Morgan fingerprint density at radius 3 is 1.92 bits per heavy atom. The number of aliphatic hydroxyl groups excluding tert-OH is 1. The fourth-order valence-corrected chi connectivity index (χ4v) is 3.74. The second kappa shape index (κ2) is 2.12. The van der Waals surface area contributed by atoms with Gasteiger partial charge in [0.15, 0.2) is 0 Å². The zero-order valence-electron chi connectivity index (χ0n) is 8.96. The lowest BCUT2D eigenvalue weighted by Crippen LogP contribution is -2.51. The first kappa shape index (κ1) is 9.47. The van der Waals surface area contributed by atoms with Gasteiger partial charge >= 0.3 is 0 Å². The molecule has 0 saturated heterocycles. The molecule has 2 rings (SSSR count). The van der Waals surface area contributed by atoms with Gasteiger partial charge in [0.2, 0.25) is 0 Å². The monoisotopic (exact) mass is 184 g/mol. The largest absolute Gasteiger partial charge is 0.392 e. The summed E-state index contributed by atoms with van der Waals surface area (Å²) in [7, 11) is 0. The van der Waals surface area contributed by atoms with Gasteiger partial charge < -0.3 is 10.2 Å². The molecule has 0 spiro atoms. The Labute approximate surface area is 80.0 Å². The molecule has 0 heterocycles. The van der Waals surface area contributed by atoms with E-state index >= 15 is 0 Å². The molecule has 2 N–H and O–H groups in total. The van der Waals surface area contributed by atoms with Gasteiger partial charge in [-0.3, -0.25) is 0 Å². The van der Waals surface area contributed by atoms with Crippen molar-refractivity contribution in [2.24, 2.45) is 16.7 Å². The van der Waals surface area contributed by atoms with E-state index < -0.39 is 5.60 Å². The van der Waals surface area contributed by atoms with Crippen molar-refractivity contribution < 1.29 is 10.2 Å². The number of rotatable bonds is 0. The topological polar surface area (TPSA) is 40.5 Å². The quantitative estimate of drug-likeness (QED) is 0.599. The number of hydrogen-bond acceptors (Lipinski definition) is 2. The summed E-state index contributed by atoms with van der Waals surface area (Å²) in [6, 6.07) is 0. The first-order valence-electron chi connectivity index (χ1n) is 5.14. The van der Waals surface area contributed by atoms with Crippen LogP contribution in [0.4, 0.5) is 0 Å². The summed E-state index contributed by atoms with van der Waals surface area (Å²) in [4.78, 5) is 0. The standard InChI is InChI=1S/C11H20O2/c1-9(2)7-5-8(12)11(9,4)10(3,13)6-7/h7-8,12-13H,5-6H2,1-4H3/t7-,8-,10-,11+/m1/s1. The molecule has 2 nitrogen and oxygen atoms in total. The molecule has 0 aromatic heterocycles. The molecule has 2 aliphatic rings. The van der Waals surface area contributed by atoms with Crippen molar-refractivity contribution in [1.82, 2.24) is 0 Å². The summed E-state index contributed by atoms with van der Waals surface area (Å²) in [5.41, 5.74) is -0.959. The summed E-state index contributed by atoms with van der Waals surface area (Å²) in [6.45, 7) is 8.26. The first-order valence-corrected chi connectivity index (χ1v) is 5.14. The Bertz CT molecular complexity index is 244. The van der Waals surface area contributed by atoms with Crippen LogP contribution in [0.2, 0.25) is 0 Å². The average Bonchev–Trinajstić information content (AvgIpc) is 2.18. The molecule has 2 saturated carbocycles. The van der Waals surface area contributed by atoms with Gasteiger partial charge in [-0.05, 0) is 31.1 Å². The minimum absolute atomic E-state index is 0.0654. The zero-order chi connectivity index (χ0) is 10.1. The maximum Gasteiger partial charge on any atom is 0.0705 e. The molecule has 0 aromatic rings. The van der Waals surface area contributed by atoms with Gasteiger partial charge in [0.25, 0.3) is 0 Å². The Balaban J connectivity index is 2.52. The van der Waals surface area contributed by atoms with Crippen LogP contribution in [-0.2, 0) is 0 Å². The van der Waals surface area contributed by atoms with Gasteiger partial charge in [-0.25, -0.2) is 0 Å². The number of aliphatic hydroxyl groups is 2. The van der Waals surface area contributed by atoms with E-state index in [-0.39, 0.29) is 16.9 Å². The highest BCUT2D eigenvalue weighted by Gasteiger charge is 2.70. The highest BCUT2D eigenvalue weighted by Crippen LogP contribution is 2.69. The predicted octanol–water partition coefficient (Wildman–Crippen LogP) is 1.55. The van der Waals surface area contributed by atoms with Crippen molar-refractivity contribution in [1.29, 1.82) is 0 Å². The molecule has 0 unspecified atom stereocenters. The van der Waals surface area contributed by atoms with Crippen LogP contribution in [0.3, 0.4) is 0 Å². The van der Waals surface area contributed by atoms with Crippen molar-refractivity contribution in [3.8, 4) is 0 Å². The van der Waals surface area contributed by atoms with Crippen molar-refractivity contribution in [3.05, 3.63) is 0 Å². The lowest BCUT2D eigenvalue weighted by molar-refractivity contribution is -0.133. The van der Waals surface area contributed by atoms with Crippen molar-refractivity contribution in [2.45, 2.75) is 52.2 Å². The van der Waals surface area contributed by atoms with E-state index in [1.54, 1.807) is 0 Å². The Morgan fingerprint density at radius 2 is 1.69 bits per heavy atom. The SMILES string of the molecule is CC1(C)[C@@H]2C[C@@H](O)[C@]1(C)[C@](C)(O)C2. The van der Waals surface area contributed by atoms with Crippen molar-refractivity contribution in [2.75, 3.05) is 0 Å². The van der Waals surface area contributed by atoms with Crippen LogP contribution >= 0.6 is 0 Å². The molecule has 2 bridgehead atoms. The summed E-state index contributed by atoms with van der Waals surface area (Å²) >= 11 is 0. The first-order chi connectivity index (χ1) is 5.73. The summed E-state index contributed by atoms with van der Waals surface area (Å²) in [5.74, 6) is 0.475. The van der Waals surface area contributed by atoms with Gasteiger partial charge in [0.05, 0.1) is 11.7 Å².